The third-order valence-corrected chi connectivity index (χ3v) is 4.73. The third kappa shape index (κ3) is 3.51. The maximum Gasteiger partial charge on any atom is 0.344 e. The van der Waals surface area contributed by atoms with E-state index in [1.165, 1.54) is 18.2 Å². The summed E-state index contributed by atoms with van der Waals surface area (Å²) in [5, 5.41) is 39.3. The summed E-state index contributed by atoms with van der Waals surface area (Å²) in [6, 6.07) is 7.42. The zero-order valence-electron chi connectivity index (χ0n) is 15.2. The molecule has 0 atom stereocenters. The fraction of sp³-hybridized carbons (Fsp3) is 0.190. The molecule has 0 radical (unpaired) electrons. The van der Waals surface area contributed by atoms with E-state index in [-0.39, 0.29) is 54.6 Å². The molecule has 2 heterocycles. The van der Waals surface area contributed by atoms with Gasteiger partial charge in [0.15, 0.2) is 11.5 Å². The van der Waals surface area contributed by atoms with Crippen molar-refractivity contribution in [3.8, 4) is 34.1 Å². The molecule has 29 heavy (non-hydrogen) atoms. The summed E-state index contributed by atoms with van der Waals surface area (Å²) in [6.45, 7) is -0.537. The largest absolute Gasteiger partial charge is 0.508 e. The maximum absolute atomic E-state index is 12.5. The van der Waals surface area contributed by atoms with Crippen molar-refractivity contribution in [1.82, 2.24) is 0 Å². The topological polar surface area (TPSA) is 130 Å². The number of fused-ring (bicyclic) bond motifs is 2. The molecule has 0 aliphatic carbocycles. The monoisotopic (exact) mass is 398 g/mol. The van der Waals surface area contributed by atoms with Crippen molar-refractivity contribution in [3.63, 3.8) is 0 Å². The molecule has 150 valence electrons. The first-order valence-electron chi connectivity index (χ1n) is 8.82. The van der Waals surface area contributed by atoms with E-state index in [0.717, 1.165) is 0 Å². The van der Waals surface area contributed by atoms with E-state index >= 15 is 0 Å². The minimum Gasteiger partial charge on any atom is -0.508 e. The molecule has 8 nitrogen and oxygen atoms in total. The molecule has 2 aromatic carbocycles. The fourth-order valence-electron chi connectivity index (χ4n) is 3.14. The van der Waals surface area contributed by atoms with Gasteiger partial charge in [-0.25, -0.2) is 4.79 Å². The molecule has 0 bridgehead atoms. The molecule has 0 saturated heterocycles. The number of aliphatic hydroxyl groups is 2. The first-order chi connectivity index (χ1) is 14.0. The zero-order chi connectivity index (χ0) is 20.5. The normalized spacial score (nSPS) is 12.3. The van der Waals surface area contributed by atoms with E-state index in [2.05, 4.69) is 0 Å². The van der Waals surface area contributed by atoms with E-state index in [0.29, 0.717) is 28.0 Å². The van der Waals surface area contributed by atoms with Crippen LogP contribution in [-0.4, -0.2) is 40.4 Å². The molecule has 0 saturated carbocycles. The number of benzene rings is 2. The minimum absolute atomic E-state index is 0.0321. The van der Waals surface area contributed by atoms with Crippen LogP contribution in [0.15, 0.2) is 51.2 Å². The van der Waals surface area contributed by atoms with E-state index in [1.54, 1.807) is 18.2 Å². The van der Waals surface area contributed by atoms with E-state index in [4.69, 9.17) is 24.1 Å². The van der Waals surface area contributed by atoms with Crippen molar-refractivity contribution in [2.75, 3.05) is 20.0 Å². The van der Waals surface area contributed by atoms with Crippen LogP contribution in [-0.2, 0) is 6.42 Å². The molecule has 0 fully saturated rings. The summed E-state index contributed by atoms with van der Waals surface area (Å²) >= 11 is 0. The first kappa shape index (κ1) is 18.9. The molecule has 1 aliphatic rings. The number of hydrogen-bond donors (Lipinski definition) is 4. The Morgan fingerprint density at radius 1 is 0.931 bits per heavy atom. The second kappa shape index (κ2) is 7.50. The van der Waals surface area contributed by atoms with Crippen LogP contribution in [0.25, 0.3) is 22.1 Å². The van der Waals surface area contributed by atoms with Crippen LogP contribution >= 0.6 is 0 Å². The van der Waals surface area contributed by atoms with Gasteiger partial charge < -0.3 is 34.3 Å². The number of hydrogen-bond acceptors (Lipinski definition) is 8. The number of phenols is 2. The predicted octanol–water partition coefficient (Wildman–Crippen LogP) is 2.05. The highest BCUT2D eigenvalue weighted by Crippen LogP contribution is 2.41. The van der Waals surface area contributed by atoms with Gasteiger partial charge in [-0.3, -0.25) is 0 Å². The van der Waals surface area contributed by atoms with Gasteiger partial charge in [0, 0.05) is 23.1 Å². The Labute approximate surface area is 164 Å². The lowest BCUT2D eigenvalue weighted by molar-refractivity contribution is 0.174. The number of ether oxygens (including phenoxy) is 2. The number of allylic oxidation sites excluding steroid dienone is 1. The van der Waals surface area contributed by atoms with Crippen molar-refractivity contribution in [2.45, 2.75) is 6.42 Å². The number of phenolic OH excluding ortho intramolecular Hbond substituents is 2. The molecular weight excluding hydrogens is 380 g/mol. The van der Waals surface area contributed by atoms with Crippen LogP contribution < -0.4 is 15.1 Å². The summed E-state index contributed by atoms with van der Waals surface area (Å²) < 4.78 is 15.8. The lowest BCUT2D eigenvalue weighted by Crippen LogP contribution is -2.03. The van der Waals surface area contributed by atoms with Gasteiger partial charge in [-0.15, -0.1) is 0 Å². The minimum atomic E-state index is -0.679. The van der Waals surface area contributed by atoms with Crippen molar-refractivity contribution < 1.29 is 34.3 Å². The fourth-order valence-corrected chi connectivity index (χ4v) is 3.14. The number of rotatable bonds is 5. The lowest BCUT2D eigenvalue weighted by atomic mass is 10.0. The predicted molar refractivity (Wildman–Crippen MR) is 103 cm³/mol. The average molecular weight is 398 g/mol. The molecule has 4 N–H and O–H groups in total. The quantitative estimate of drug-likeness (QED) is 0.380. The Balaban J connectivity index is 1.81. The zero-order valence-corrected chi connectivity index (χ0v) is 15.2. The highest BCUT2D eigenvalue weighted by atomic mass is 16.7. The second-order valence-corrected chi connectivity index (χ2v) is 6.57. The molecule has 0 amide bonds. The first-order valence-corrected chi connectivity index (χ1v) is 8.82. The molecule has 3 aromatic rings. The van der Waals surface area contributed by atoms with E-state index < -0.39 is 5.63 Å². The Kier molecular flexibility index (Phi) is 4.87. The Bertz CT molecular complexity index is 1170. The van der Waals surface area contributed by atoms with Crippen molar-refractivity contribution >= 4 is 11.0 Å². The lowest BCUT2D eigenvalue weighted by Gasteiger charge is -2.09. The number of aromatic hydroxyl groups is 2. The SMILES string of the molecule is O=c1oc2cc(O)c(CC=C(CO)CO)cc2cc1-c1cc2c(cc1O)OCO2. The number of aliphatic hydroxyl groups excluding tert-OH is 2. The van der Waals surface area contributed by atoms with Crippen LogP contribution in [0.1, 0.15) is 5.56 Å². The molecule has 1 aliphatic heterocycles. The summed E-state index contributed by atoms with van der Waals surface area (Å²) in [5.41, 5.74) is 0.825. The average Bonchev–Trinajstić information content (AvgIpc) is 3.15. The molecular formula is C21H18O8. The van der Waals surface area contributed by atoms with Crippen molar-refractivity contribution in [1.29, 1.82) is 0 Å². The van der Waals surface area contributed by atoms with Crippen LogP contribution in [0.5, 0.6) is 23.0 Å². The van der Waals surface area contributed by atoms with Gasteiger partial charge in [0.05, 0.1) is 18.8 Å². The Hall–Kier alpha value is -3.49. The third-order valence-electron chi connectivity index (χ3n) is 4.73. The molecule has 8 heteroatoms. The summed E-state index contributed by atoms with van der Waals surface area (Å²) in [5.74, 6) is 0.567. The van der Waals surface area contributed by atoms with Gasteiger partial charge in [0.25, 0.3) is 0 Å². The van der Waals surface area contributed by atoms with Gasteiger partial charge >= 0.3 is 5.63 Å². The highest BCUT2D eigenvalue weighted by molar-refractivity contribution is 5.85. The van der Waals surface area contributed by atoms with Gasteiger partial charge in [0.1, 0.15) is 17.1 Å². The Morgan fingerprint density at radius 3 is 2.38 bits per heavy atom. The van der Waals surface area contributed by atoms with Gasteiger partial charge in [0.2, 0.25) is 6.79 Å². The molecule has 4 rings (SSSR count). The summed E-state index contributed by atoms with van der Waals surface area (Å²) in [4.78, 5) is 12.5. The van der Waals surface area contributed by atoms with Gasteiger partial charge in [-0.2, -0.15) is 0 Å². The van der Waals surface area contributed by atoms with Crippen LogP contribution in [0.4, 0.5) is 0 Å². The summed E-state index contributed by atoms with van der Waals surface area (Å²) in [6.07, 6.45) is 1.88. The smallest absolute Gasteiger partial charge is 0.344 e. The van der Waals surface area contributed by atoms with Crippen molar-refractivity contribution in [3.05, 3.63) is 58.0 Å². The van der Waals surface area contributed by atoms with Crippen LogP contribution in [0.3, 0.4) is 0 Å². The van der Waals surface area contributed by atoms with Gasteiger partial charge in [-0.05, 0) is 35.8 Å². The summed E-state index contributed by atoms with van der Waals surface area (Å²) in [7, 11) is 0. The van der Waals surface area contributed by atoms with E-state index in [1.807, 2.05) is 0 Å². The van der Waals surface area contributed by atoms with Gasteiger partial charge in [-0.1, -0.05) is 6.08 Å². The maximum atomic E-state index is 12.5. The van der Waals surface area contributed by atoms with Crippen molar-refractivity contribution in [2.24, 2.45) is 0 Å². The molecule has 0 spiro atoms. The standard InChI is InChI=1S/C21H18O8/c22-8-11(9-23)1-2-12-3-13-4-15(21(26)29-18(13)6-16(12)24)14-5-19-20(7-17(14)25)28-10-27-19/h1,3-7,22-25H,2,8-10H2. The van der Waals surface area contributed by atoms with Crippen LogP contribution in [0, 0.1) is 0 Å². The van der Waals surface area contributed by atoms with Crippen LogP contribution in [0.2, 0.25) is 0 Å². The molecule has 1 aromatic heterocycles. The second-order valence-electron chi connectivity index (χ2n) is 6.57. The molecule has 0 unspecified atom stereocenters. The highest BCUT2D eigenvalue weighted by Gasteiger charge is 2.20. The Morgan fingerprint density at radius 2 is 1.66 bits per heavy atom. The van der Waals surface area contributed by atoms with E-state index in [9.17, 15) is 15.0 Å².